The van der Waals surface area contributed by atoms with Gasteiger partial charge in [0.1, 0.15) is 11.5 Å². The van der Waals surface area contributed by atoms with Gasteiger partial charge in [-0.3, -0.25) is 0 Å². The summed E-state index contributed by atoms with van der Waals surface area (Å²) in [5.74, 6) is -0.108. The van der Waals surface area contributed by atoms with E-state index in [2.05, 4.69) is 19.4 Å². The van der Waals surface area contributed by atoms with Gasteiger partial charge in [-0.1, -0.05) is 48.5 Å². The first kappa shape index (κ1) is 29.6. The molecule has 0 aliphatic rings. The largest absolute Gasteiger partial charge is 0.573 e. The fourth-order valence-electron chi connectivity index (χ4n) is 4.54. The molecule has 5 rings (SSSR count). The van der Waals surface area contributed by atoms with Crippen LogP contribution in [0.25, 0.3) is 44.8 Å². The smallest absolute Gasteiger partial charge is 0.406 e. The standard InChI is InChI=1S/C33H24F6N2O2/c1-19-20(2)40-31(41-21(19)3)25-6-4-22(5-7-25)26-16-27(23-8-12-29(13-9-23)42-32(34,35)36)18-28(17-26)24-10-14-30(15-11-24)43-33(37,38)39/h4-18H,1-3H3. The van der Waals surface area contributed by atoms with Crippen molar-refractivity contribution < 1.29 is 35.8 Å². The van der Waals surface area contributed by atoms with Crippen LogP contribution in [0.1, 0.15) is 17.0 Å². The Kier molecular flexibility index (Phi) is 7.88. The molecule has 0 fully saturated rings. The number of halogens is 6. The van der Waals surface area contributed by atoms with E-state index in [1.54, 1.807) is 0 Å². The third kappa shape index (κ3) is 7.32. The van der Waals surface area contributed by atoms with Crippen LogP contribution in [0.3, 0.4) is 0 Å². The molecule has 0 spiro atoms. The average molecular weight is 595 g/mol. The molecule has 10 heteroatoms. The normalized spacial score (nSPS) is 11.8. The Bertz CT molecular complexity index is 1650. The van der Waals surface area contributed by atoms with Crippen LogP contribution in [0.2, 0.25) is 0 Å². The van der Waals surface area contributed by atoms with Crippen LogP contribution in [-0.4, -0.2) is 22.7 Å². The van der Waals surface area contributed by atoms with Crippen LogP contribution in [-0.2, 0) is 0 Å². The Balaban J connectivity index is 1.54. The number of hydrogen-bond acceptors (Lipinski definition) is 4. The molecule has 1 aromatic heterocycles. The zero-order valence-electron chi connectivity index (χ0n) is 23.1. The molecular formula is C33H24F6N2O2. The van der Waals surface area contributed by atoms with Crippen molar-refractivity contribution in [3.63, 3.8) is 0 Å². The van der Waals surface area contributed by atoms with E-state index in [-0.39, 0.29) is 11.5 Å². The van der Waals surface area contributed by atoms with E-state index in [9.17, 15) is 26.3 Å². The molecule has 1 heterocycles. The highest BCUT2D eigenvalue weighted by Crippen LogP contribution is 2.36. The van der Waals surface area contributed by atoms with Crippen LogP contribution >= 0.6 is 0 Å². The topological polar surface area (TPSA) is 44.2 Å². The number of ether oxygens (including phenoxy) is 2. The van der Waals surface area contributed by atoms with E-state index < -0.39 is 12.7 Å². The molecule has 0 saturated heterocycles. The van der Waals surface area contributed by atoms with Gasteiger partial charge >= 0.3 is 12.7 Å². The minimum Gasteiger partial charge on any atom is -0.406 e. The summed E-state index contributed by atoms with van der Waals surface area (Å²) in [5.41, 5.74) is 7.84. The number of aromatic nitrogens is 2. The molecule has 0 aliphatic heterocycles. The van der Waals surface area contributed by atoms with E-state index in [0.717, 1.165) is 33.6 Å². The van der Waals surface area contributed by atoms with Gasteiger partial charge < -0.3 is 9.47 Å². The fraction of sp³-hybridized carbons (Fsp3) is 0.152. The molecule has 0 N–H and O–H groups in total. The van der Waals surface area contributed by atoms with Gasteiger partial charge in [0.25, 0.3) is 0 Å². The summed E-state index contributed by atoms with van der Waals surface area (Å²) in [5, 5.41) is 0. The van der Waals surface area contributed by atoms with Crippen molar-refractivity contribution in [2.75, 3.05) is 0 Å². The predicted molar refractivity (Wildman–Crippen MR) is 151 cm³/mol. The molecule has 0 aliphatic carbocycles. The zero-order valence-corrected chi connectivity index (χ0v) is 23.1. The summed E-state index contributed by atoms with van der Waals surface area (Å²) in [4.78, 5) is 9.20. The summed E-state index contributed by atoms with van der Waals surface area (Å²) in [6.45, 7) is 5.83. The first-order valence-electron chi connectivity index (χ1n) is 13.0. The van der Waals surface area contributed by atoms with E-state index >= 15 is 0 Å². The minimum absolute atomic E-state index is 0.354. The number of nitrogens with zero attached hydrogens (tertiary/aromatic N) is 2. The molecule has 0 bridgehead atoms. The summed E-state index contributed by atoms with van der Waals surface area (Å²) in [6.07, 6.45) is -9.63. The maximum absolute atomic E-state index is 12.7. The van der Waals surface area contributed by atoms with Crippen LogP contribution in [0.4, 0.5) is 26.3 Å². The highest BCUT2D eigenvalue weighted by molar-refractivity contribution is 5.82. The van der Waals surface area contributed by atoms with E-state index in [4.69, 9.17) is 0 Å². The second-order valence-electron chi connectivity index (χ2n) is 9.86. The SMILES string of the molecule is Cc1nc(-c2ccc(-c3cc(-c4ccc(OC(F)(F)F)cc4)cc(-c4ccc(OC(F)(F)F)cc4)c3)cc2)nc(C)c1C. The Morgan fingerprint density at radius 2 is 0.744 bits per heavy atom. The number of alkyl halides is 6. The van der Waals surface area contributed by atoms with E-state index in [1.807, 2.05) is 63.2 Å². The van der Waals surface area contributed by atoms with Crippen LogP contribution in [0.5, 0.6) is 11.5 Å². The maximum Gasteiger partial charge on any atom is 0.573 e. The number of benzene rings is 4. The Hall–Kier alpha value is -4.86. The quantitative estimate of drug-likeness (QED) is 0.184. The summed E-state index contributed by atoms with van der Waals surface area (Å²) in [6, 6.07) is 24.1. The Labute approximate surface area is 243 Å². The highest BCUT2D eigenvalue weighted by atomic mass is 19.4. The zero-order chi connectivity index (χ0) is 30.9. The fourth-order valence-corrected chi connectivity index (χ4v) is 4.54. The summed E-state index contributed by atoms with van der Waals surface area (Å²) >= 11 is 0. The second-order valence-corrected chi connectivity index (χ2v) is 9.86. The molecule has 43 heavy (non-hydrogen) atoms. The van der Waals surface area contributed by atoms with Crippen molar-refractivity contribution in [1.82, 2.24) is 9.97 Å². The van der Waals surface area contributed by atoms with Crippen LogP contribution < -0.4 is 9.47 Å². The molecule has 220 valence electrons. The van der Waals surface area contributed by atoms with Gasteiger partial charge in [-0.15, -0.1) is 26.3 Å². The van der Waals surface area contributed by atoms with Crippen molar-refractivity contribution in [3.05, 3.63) is 108 Å². The van der Waals surface area contributed by atoms with Gasteiger partial charge in [0.15, 0.2) is 5.82 Å². The molecule has 0 atom stereocenters. The van der Waals surface area contributed by atoms with Gasteiger partial charge in [0.05, 0.1) is 0 Å². The number of hydrogen-bond donors (Lipinski definition) is 0. The Morgan fingerprint density at radius 3 is 1.07 bits per heavy atom. The molecule has 4 aromatic carbocycles. The number of rotatable bonds is 6. The third-order valence-corrected chi connectivity index (χ3v) is 6.88. The average Bonchev–Trinajstić information content (AvgIpc) is 2.94. The first-order valence-corrected chi connectivity index (χ1v) is 13.0. The third-order valence-electron chi connectivity index (χ3n) is 6.88. The molecule has 4 nitrogen and oxygen atoms in total. The van der Waals surface area contributed by atoms with E-state index in [1.165, 1.54) is 48.5 Å². The highest BCUT2D eigenvalue weighted by Gasteiger charge is 2.31. The predicted octanol–water partition coefficient (Wildman–Crippen LogP) is 9.87. The molecule has 0 amide bonds. The lowest BCUT2D eigenvalue weighted by atomic mass is 9.93. The first-order chi connectivity index (χ1) is 20.2. The number of aryl methyl sites for hydroxylation is 2. The van der Waals surface area contributed by atoms with E-state index in [0.29, 0.717) is 28.1 Å². The summed E-state index contributed by atoms with van der Waals surface area (Å²) in [7, 11) is 0. The van der Waals surface area contributed by atoms with Gasteiger partial charge in [0.2, 0.25) is 0 Å². The lowest BCUT2D eigenvalue weighted by Gasteiger charge is -2.14. The molecule has 0 radical (unpaired) electrons. The van der Waals surface area contributed by atoms with Crippen molar-refractivity contribution in [1.29, 1.82) is 0 Å². The lowest BCUT2D eigenvalue weighted by Crippen LogP contribution is -2.16. The molecular weight excluding hydrogens is 570 g/mol. The van der Waals surface area contributed by atoms with Crippen molar-refractivity contribution in [2.45, 2.75) is 33.5 Å². The Morgan fingerprint density at radius 1 is 0.442 bits per heavy atom. The second kappa shape index (κ2) is 11.4. The van der Waals surface area contributed by atoms with Gasteiger partial charge in [-0.05, 0) is 102 Å². The molecule has 5 aromatic rings. The van der Waals surface area contributed by atoms with Gasteiger partial charge in [-0.25, -0.2) is 9.97 Å². The summed E-state index contributed by atoms with van der Waals surface area (Å²) < 4.78 is 83.9. The van der Waals surface area contributed by atoms with Crippen molar-refractivity contribution in [2.24, 2.45) is 0 Å². The molecule has 0 unspecified atom stereocenters. The van der Waals surface area contributed by atoms with Gasteiger partial charge in [0, 0.05) is 17.0 Å². The minimum atomic E-state index is -4.82. The molecule has 0 saturated carbocycles. The monoisotopic (exact) mass is 594 g/mol. The van der Waals surface area contributed by atoms with Gasteiger partial charge in [-0.2, -0.15) is 0 Å². The van der Waals surface area contributed by atoms with Crippen molar-refractivity contribution >= 4 is 0 Å². The lowest BCUT2D eigenvalue weighted by molar-refractivity contribution is -0.275. The maximum atomic E-state index is 12.7. The van der Waals surface area contributed by atoms with Crippen LogP contribution in [0, 0.1) is 20.8 Å². The van der Waals surface area contributed by atoms with Crippen molar-refractivity contribution in [3.8, 4) is 56.3 Å². The van der Waals surface area contributed by atoms with Crippen LogP contribution in [0.15, 0.2) is 91.0 Å².